The van der Waals surface area contributed by atoms with E-state index >= 15 is 0 Å². The first kappa shape index (κ1) is 13.7. The van der Waals surface area contributed by atoms with Crippen LogP contribution in [-0.4, -0.2) is 5.11 Å². The van der Waals surface area contributed by atoms with Crippen LogP contribution in [0.2, 0.25) is 5.02 Å². The second-order valence-electron chi connectivity index (χ2n) is 3.35. The van der Waals surface area contributed by atoms with Gasteiger partial charge in [-0.3, -0.25) is 0 Å². The number of rotatable bonds is 0. The molecule has 0 spiro atoms. The summed E-state index contributed by atoms with van der Waals surface area (Å²) in [5.41, 5.74) is 1.56. The van der Waals surface area contributed by atoms with E-state index in [1.807, 2.05) is 12.1 Å². The zero-order valence-corrected chi connectivity index (χ0v) is 10.4. The molecule has 0 atom stereocenters. The highest BCUT2D eigenvalue weighted by Crippen LogP contribution is 2.09. The molecule has 1 N–H and O–H groups in total. The molecule has 2 heteroatoms. The Balaban J connectivity index is 0.000000180. The maximum atomic E-state index is 8.85. The van der Waals surface area contributed by atoms with E-state index in [0.29, 0.717) is 10.6 Å². The van der Waals surface area contributed by atoms with Gasteiger partial charge in [0, 0.05) is 16.1 Å². The zero-order chi connectivity index (χ0) is 13.4. The minimum absolute atomic E-state index is 0.213. The van der Waals surface area contributed by atoms with Crippen molar-refractivity contribution >= 4 is 11.6 Å². The van der Waals surface area contributed by atoms with Crippen LogP contribution in [0.15, 0.2) is 48.5 Å². The van der Waals surface area contributed by atoms with E-state index in [4.69, 9.17) is 29.6 Å². The predicted octanol–water partition coefficient (Wildman–Crippen LogP) is 3.69. The quantitative estimate of drug-likeness (QED) is 0.711. The molecular weight excluding hydrogens is 244 g/mol. The summed E-state index contributed by atoms with van der Waals surface area (Å²) in [5.74, 6) is 5.12. The van der Waals surface area contributed by atoms with Gasteiger partial charge in [-0.05, 0) is 42.5 Å². The first-order valence-corrected chi connectivity index (χ1v) is 5.51. The van der Waals surface area contributed by atoms with Gasteiger partial charge in [-0.25, -0.2) is 0 Å². The Labute approximate surface area is 112 Å². The van der Waals surface area contributed by atoms with Crippen LogP contribution >= 0.6 is 11.6 Å². The van der Waals surface area contributed by atoms with Crippen molar-refractivity contribution in [3.05, 3.63) is 64.7 Å². The van der Waals surface area contributed by atoms with Gasteiger partial charge in [-0.1, -0.05) is 29.5 Å². The van der Waals surface area contributed by atoms with E-state index in [9.17, 15) is 0 Å². The maximum Gasteiger partial charge on any atom is 0.116 e. The van der Waals surface area contributed by atoms with E-state index in [1.165, 1.54) is 0 Å². The van der Waals surface area contributed by atoms with E-state index < -0.39 is 0 Å². The number of aromatic hydroxyl groups is 1. The molecule has 0 amide bonds. The Bertz CT molecular complexity index is 586. The van der Waals surface area contributed by atoms with Crippen molar-refractivity contribution in [1.29, 1.82) is 0 Å². The van der Waals surface area contributed by atoms with Crippen LogP contribution in [0.1, 0.15) is 11.1 Å². The van der Waals surface area contributed by atoms with Crippen LogP contribution in [0.5, 0.6) is 5.75 Å². The van der Waals surface area contributed by atoms with Gasteiger partial charge in [0.15, 0.2) is 0 Å². The monoisotopic (exact) mass is 254 g/mol. The Morgan fingerprint density at radius 2 is 1.50 bits per heavy atom. The second kappa shape index (κ2) is 7.07. The number of hydrogen-bond donors (Lipinski definition) is 1. The van der Waals surface area contributed by atoms with Crippen molar-refractivity contribution in [3.63, 3.8) is 0 Å². The average Bonchev–Trinajstić information content (AvgIpc) is 2.40. The smallest absolute Gasteiger partial charge is 0.116 e. The lowest BCUT2D eigenvalue weighted by Gasteiger charge is -1.89. The summed E-state index contributed by atoms with van der Waals surface area (Å²) in [7, 11) is 0. The van der Waals surface area contributed by atoms with Crippen molar-refractivity contribution in [3.8, 4) is 30.4 Å². The van der Waals surface area contributed by atoms with E-state index in [0.717, 1.165) is 5.56 Å². The Morgan fingerprint density at radius 3 is 1.94 bits per heavy atom. The molecule has 2 rings (SSSR count). The summed E-state index contributed by atoms with van der Waals surface area (Å²) in [6.45, 7) is 0. The van der Waals surface area contributed by atoms with Gasteiger partial charge in [-0.2, -0.15) is 0 Å². The third-order valence-corrected chi connectivity index (χ3v) is 2.28. The molecule has 2 aromatic rings. The molecule has 0 fully saturated rings. The number of hydrogen-bond acceptors (Lipinski definition) is 1. The van der Waals surface area contributed by atoms with Gasteiger partial charge in [0.05, 0.1) is 0 Å². The lowest BCUT2D eigenvalue weighted by molar-refractivity contribution is 0.475. The molecule has 0 aliphatic rings. The van der Waals surface area contributed by atoms with Crippen LogP contribution in [0.4, 0.5) is 0 Å². The van der Waals surface area contributed by atoms with Crippen molar-refractivity contribution in [2.45, 2.75) is 0 Å². The number of terminal acetylenes is 2. The van der Waals surface area contributed by atoms with Crippen molar-refractivity contribution in [2.75, 3.05) is 0 Å². The van der Waals surface area contributed by atoms with Gasteiger partial charge in [0.2, 0.25) is 0 Å². The Morgan fingerprint density at radius 1 is 0.889 bits per heavy atom. The molecule has 0 aliphatic carbocycles. The minimum atomic E-state index is 0.213. The third kappa shape index (κ3) is 4.66. The van der Waals surface area contributed by atoms with Crippen LogP contribution in [0.3, 0.4) is 0 Å². The summed E-state index contributed by atoms with van der Waals surface area (Å²) in [4.78, 5) is 0. The summed E-state index contributed by atoms with van der Waals surface area (Å²) in [6.07, 6.45) is 10.2. The predicted molar refractivity (Wildman–Crippen MR) is 75.4 cm³/mol. The van der Waals surface area contributed by atoms with E-state index in [1.54, 1.807) is 36.4 Å². The van der Waals surface area contributed by atoms with Gasteiger partial charge < -0.3 is 5.11 Å². The number of halogens is 1. The molecule has 0 radical (unpaired) electrons. The zero-order valence-electron chi connectivity index (χ0n) is 9.60. The first-order chi connectivity index (χ1) is 8.65. The fourth-order valence-electron chi connectivity index (χ4n) is 1.14. The molecule has 0 aliphatic heterocycles. The largest absolute Gasteiger partial charge is 0.508 e. The molecule has 1 nitrogen and oxygen atoms in total. The molecule has 2 aromatic carbocycles. The maximum absolute atomic E-state index is 8.85. The van der Waals surface area contributed by atoms with Gasteiger partial charge in [0.25, 0.3) is 0 Å². The lowest BCUT2D eigenvalue weighted by Crippen LogP contribution is -1.69. The standard InChI is InChI=1S/C8H5Cl.C8H6O/c1-2-7-3-5-8(9)6-4-7;1-2-7-4-3-5-8(9)6-7/h1,3-6H;1,3-6,9H. The first-order valence-electron chi connectivity index (χ1n) is 5.13. The topological polar surface area (TPSA) is 20.2 Å². The van der Waals surface area contributed by atoms with Crippen molar-refractivity contribution in [2.24, 2.45) is 0 Å². The van der Waals surface area contributed by atoms with Crippen LogP contribution < -0.4 is 0 Å². The molecule has 0 saturated heterocycles. The third-order valence-electron chi connectivity index (χ3n) is 2.02. The normalized spacial score (nSPS) is 8.39. The molecule has 0 unspecified atom stereocenters. The van der Waals surface area contributed by atoms with Crippen LogP contribution in [0, 0.1) is 24.7 Å². The highest BCUT2D eigenvalue weighted by molar-refractivity contribution is 6.30. The highest BCUT2D eigenvalue weighted by atomic mass is 35.5. The number of benzene rings is 2. The minimum Gasteiger partial charge on any atom is -0.508 e. The highest BCUT2D eigenvalue weighted by Gasteiger charge is 1.86. The molecule has 88 valence electrons. The van der Waals surface area contributed by atoms with Gasteiger partial charge in [0.1, 0.15) is 5.75 Å². The second-order valence-corrected chi connectivity index (χ2v) is 3.78. The molecule has 0 bridgehead atoms. The van der Waals surface area contributed by atoms with E-state index in [2.05, 4.69) is 11.8 Å². The van der Waals surface area contributed by atoms with Crippen molar-refractivity contribution in [1.82, 2.24) is 0 Å². The fourth-order valence-corrected chi connectivity index (χ4v) is 1.27. The molecule has 0 heterocycles. The summed E-state index contributed by atoms with van der Waals surface area (Å²) in [6, 6.07) is 13.8. The summed E-state index contributed by atoms with van der Waals surface area (Å²) in [5, 5.41) is 9.57. The summed E-state index contributed by atoms with van der Waals surface area (Å²) >= 11 is 5.60. The van der Waals surface area contributed by atoms with Crippen LogP contribution in [-0.2, 0) is 0 Å². The van der Waals surface area contributed by atoms with Crippen LogP contribution in [0.25, 0.3) is 0 Å². The van der Waals surface area contributed by atoms with E-state index in [-0.39, 0.29) is 5.75 Å². The average molecular weight is 255 g/mol. The lowest BCUT2D eigenvalue weighted by atomic mass is 10.2. The van der Waals surface area contributed by atoms with Gasteiger partial charge in [-0.15, -0.1) is 12.8 Å². The number of phenols is 1. The Kier molecular flexibility index (Phi) is 5.39. The fraction of sp³-hybridized carbons (Fsp3) is 0. The molecule has 0 saturated carbocycles. The summed E-state index contributed by atoms with van der Waals surface area (Å²) < 4.78 is 0. The van der Waals surface area contributed by atoms with Crippen molar-refractivity contribution < 1.29 is 5.11 Å². The SMILES string of the molecule is C#Cc1ccc(Cl)cc1.C#Cc1cccc(O)c1. The molecular formula is C16H11ClO. The number of phenolic OH excluding ortho intramolecular Hbond substituents is 1. The molecule has 18 heavy (non-hydrogen) atoms. The Hall–Kier alpha value is -2.35. The molecule has 0 aromatic heterocycles. The van der Waals surface area contributed by atoms with Gasteiger partial charge >= 0.3 is 0 Å².